The van der Waals surface area contributed by atoms with Crippen molar-refractivity contribution in [2.45, 2.75) is 13.0 Å². The lowest BCUT2D eigenvalue weighted by atomic mass is 10.1. The first-order chi connectivity index (χ1) is 15.6. The molecule has 0 saturated carbocycles. The highest BCUT2D eigenvalue weighted by atomic mass is 16.5. The van der Waals surface area contributed by atoms with Crippen LogP contribution in [0.5, 0.6) is 23.0 Å². The van der Waals surface area contributed by atoms with Crippen LogP contribution < -0.4 is 14.2 Å². The number of hydrogen-bond donors (Lipinski definition) is 1. The van der Waals surface area contributed by atoms with E-state index in [4.69, 9.17) is 18.9 Å². The van der Waals surface area contributed by atoms with Crippen LogP contribution in [0.2, 0.25) is 0 Å². The summed E-state index contributed by atoms with van der Waals surface area (Å²) in [4.78, 5) is 17.1. The Labute approximate surface area is 189 Å². The molecular weight excluding hydrogens is 412 g/mol. The number of aromatic hydroxyl groups is 1. The van der Waals surface area contributed by atoms with Crippen molar-refractivity contribution in [3.8, 4) is 23.0 Å². The molecule has 3 rings (SSSR count). The van der Waals surface area contributed by atoms with Gasteiger partial charge >= 0.3 is 0 Å². The van der Waals surface area contributed by atoms with Crippen LogP contribution in [0.1, 0.15) is 11.1 Å². The second-order valence-electron chi connectivity index (χ2n) is 7.57. The van der Waals surface area contributed by atoms with E-state index in [0.29, 0.717) is 55.5 Å². The van der Waals surface area contributed by atoms with Gasteiger partial charge in [0.1, 0.15) is 0 Å². The average molecular weight is 445 g/mol. The fraction of sp³-hybridized carbons (Fsp3) is 0.458. The van der Waals surface area contributed by atoms with E-state index in [1.165, 1.54) is 7.11 Å². The fourth-order valence-electron chi connectivity index (χ4n) is 3.81. The van der Waals surface area contributed by atoms with Crippen LogP contribution in [-0.4, -0.2) is 81.5 Å². The third kappa shape index (κ3) is 5.83. The predicted molar refractivity (Wildman–Crippen MR) is 121 cm³/mol. The Morgan fingerprint density at radius 2 is 1.66 bits per heavy atom. The number of ether oxygens (including phenoxy) is 4. The van der Waals surface area contributed by atoms with Crippen LogP contribution >= 0.6 is 0 Å². The third-order valence-corrected chi connectivity index (χ3v) is 5.61. The highest BCUT2D eigenvalue weighted by Gasteiger charge is 2.22. The SMILES string of the molecule is COc1cccc(CN(CCc2cccc(OC)c2OC)C(=O)CN2CCOCC2)c1O. The summed E-state index contributed by atoms with van der Waals surface area (Å²) in [6.45, 7) is 3.77. The Morgan fingerprint density at radius 3 is 2.31 bits per heavy atom. The van der Waals surface area contributed by atoms with Crippen molar-refractivity contribution in [3.05, 3.63) is 47.5 Å². The third-order valence-electron chi connectivity index (χ3n) is 5.61. The van der Waals surface area contributed by atoms with Gasteiger partial charge in [0.05, 0.1) is 41.1 Å². The van der Waals surface area contributed by atoms with E-state index in [9.17, 15) is 9.90 Å². The minimum Gasteiger partial charge on any atom is -0.504 e. The summed E-state index contributed by atoms with van der Waals surface area (Å²) in [5.41, 5.74) is 1.59. The lowest BCUT2D eigenvalue weighted by molar-refractivity contribution is -0.134. The number of morpholine rings is 1. The number of phenolic OH excluding ortho intramolecular Hbond substituents is 1. The van der Waals surface area contributed by atoms with Gasteiger partial charge in [0, 0.05) is 31.7 Å². The van der Waals surface area contributed by atoms with Gasteiger partial charge in [-0.3, -0.25) is 9.69 Å². The van der Waals surface area contributed by atoms with Gasteiger partial charge < -0.3 is 29.0 Å². The summed E-state index contributed by atoms with van der Waals surface area (Å²) >= 11 is 0. The van der Waals surface area contributed by atoms with E-state index in [1.54, 1.807) is 31.3 Å². The molecule has 1 N–H and O–H groups in total. The maximum atomic E-state index is 13.3. The first kappa shape index (κ1) is 23.7. The Balaban J connectivity index is 1.79. The van der Waals surface area contributed by atoms with Gasteiger partial charge in [0.15, 0.2) is 23.0 Å². The Hall–Kier alpha value is -2.97. The van der Waals surface area contributed by atoms with Crippen LogP contribution in [0, 0.1) is 0 Å². The van der Waals surface area contributed by atoms with E-state index in [1.807, 2.05) is 24.3 Å². The van der Waals surface area contributed by atoms with Crippen LogP contribution in [0.25, 0.3) is 0 Å². The van der Waals surface area contributed by atoms with Gasteiger partial charge in [-0.05, 0) is 24.1 Å². The molecular formula is C24H32N2O6. The number of hydrogen-bond acceptors (Lipinski definition) is 7. The van der Waals surface area contributed by atoms with Crippen molar-refractivity contribution in [2.75, 3.05) is 60.7 Å². The summed E-state index contributed by atoms with van der Waals surface area (Å²) in [6.07, 6.45) is 0.583. The molecule has 2 aromatic rings. The monoisotopic (exact) mass is 444 g/mol. The van der Waals surface area contributed by atoms with Crippen molar-refractivity contribution in [1.29, 1.82) is 0 Å². The van der Waals surface area contributed by atoms with Crippen LogP contribution in [0.15, 0.2) is 36.4 Å². The molecule has 2 aromatic carbocycles. The molecule has 1 aliphatic rings. The molecule has 0 aromatic heterocycles. The van der Waals surface area contributed by atoms with Gasteiger partial charge in [0.25, 0.3) is 0 Å². The topological polar surface area (TPSA) is 80.7 Å². The zero-order valence-electron chi connectivity index (χ0n) is 19.0. The average Bonchev–Trinajstić information content (AvgIpc) is 2.82. The molecule has 1 amide bonds. The lowest BCUT2D eigenvalue weighted by Gasteiger charge is -2.30. The Morgan fingerprint density at radius 1 is 1.00 bits per heavy atom. The number of carbonyl (C=O) groups excluding carboxylic acids is 1. The van der Waals surface area contributed by atoms with Crippen LogP contribution in [-0.2, 0) is 22.5 Å². The van der Waals surface area contributed by atoms with Gasteiger partial charge in [-0.15, -0.1) is 0 Å². The number of rotatable bonds is 10. The lowest BCUT2D eigenvalue weighted by Crippen LogP contribution is -2.45. The Kier molecular flexibility index (Phi) is 8.58. The van der Waals surface area contributed by atoms with Crippen molar-refractivity contribution < 1.29 is 28.8 Å². The number of benzene rings is 2. The molecule has 0 aliphatic carbocycles. The summed E-state index contributed by atoms with van der Waals surface area (Å²) in [6, 6.07) is 11.0. The molecule has 0 bridgehead atoms. The Bertz CT molecular complexity index is 898. The minimum atomic E-state index is -0.00372. The molecule has 0 spiro atoms. The number of phenols is 1. The maximum absolute atomic E-state index is 13.3. The first-order valence-electron chi connectivity index (χ1n) is 10.7. The van der Waals surface area contributed by atoms with Crippen molar-refractivity contribution in [3.63, 3.8) is 0 Å². The second kappa shape index (κ2) is 11.6. The van der Waals surface area contributed by atoms with Gasteiger partial charge in [-0.1, -0.05) is 24.3 Å². The quantitative estimate of drug-likeness (QED) is 0.602. The summed E-state index contributed by atoms with van der Waals surface area (Å²) in [5, 5.41) is 10.6. The molecule has 0 radical (unpaired) electrons. The van der Waals surface area contributed by atoms with Crippen molar-refractivity contribution in [1.82, 2.24) is 9.80 Å². The standard InChI is InChI=1S/C24H32N2O6/c1-29-20-8-5-7-19(23(20)28)16-26(22(27)17-25-12-14-32-15-13-25)11-10-18-6-4-9-21(30-2)24(18)31-3/h4-9,28H,10-17H2,1-3H3. The molecule has 1 fully saturated rings. The largest absolute Gasteiger partial charge is 0.504 e. The molecule has 174 valence electrons. The number of amides is 1. The maximum Gasteiger partial charge on any atom is 0.237 e. The highest BCUT2D eigenvalue weighted by Crippen LogP contribution is 2.32. The predicted octanol–water partition coefficient (Wildman–Crippen LogP) is 2.32. The van der Waals surface area contributed by atoms with E-state index in [0.717, 1.165) is 18.7 Å². The number of methoxy groups -OCH3 is 3. The summed E-state index contributed by atoms with van der Waals surface area (Å²) in [5.74, 6) is 1.76. The molecule has 1 aliphatic heterocycles. The van der Waals surface area contributed by atoms with Crippen LogP contribution in [0.4, 0.5) is 0 Å². The van der Waals surface area contributed by atoms with Gasteiger partial charge in [0.2, 0.25) is 5.91 Å². The second-order valence-corrected chi connectivity index (χ2v) is 7.57. The minimum absolute atomic E-state index is 0.00372. The smallest absolute Gasteiger partial charge is 0.237 e. The molecule has 8 heteroatoms. The molecule has 1 saturated heterocycles. The summed E-state index contributed by atoms with van der Waals surface area (Å²) < 4.78 is 21.6. The molecule has 0 atom stereocenters. The zero-order valence-corrected chi connectivity index (χ0v) is 19.0. The fourth-order valence-corrected chi connectivity index (χ4v) is 3.81. The van der Waals surface area contributed by atoms with E-state index in [-0.39, 0.29) is 18.2 Å². The first-order valence-corrected chi connectivity index (χ1v) is 10.7. The molecule has 1 heterocycles. The molecule has 8 nitrogen and oxygen atoms in total. The van der Waals surface area contributed by atoms with Gasteiger partial charge in [-0.25, -0.2) is 0 Å². The summed E-state index contributed by atoms with van der Waals surface area (Å²) in [7, 11) is 4.72. The van der Waals surface area contributed by atoms with E-state index in [2.05, 4.69) is 4.90 Å². The normalized spacial score (nSPS) is 14.1. The molecule has 32 heavy (non-hydrogen) atoms. The highest BCUT2D eigenvalue weighted by molar-refractivity contribution is 5.78. The van der Waals surface area contributed by atoms with Gasteiger partial charge in [-0.2, -0.15) is 0 Å². The van der Waals surface area contributed by atoms with Crippen molar-refractivity contribution in [2.24, 2.45) is 0 Å². The number of nitrogens with zero attached hydrogens (tertiary/aromatic N) is 2. The van der Waals surface area contributed by atoms with E-state index < -0.39 is 0 Å². The van der Waals surface area contributed by atoms with Crippen LogP contribution in [0.3, 0.4) is 0 Å². The number of para-hydroxylation sites is 2. The molecule has 0 unspecified atom stereocenters. The van der Waals surface area contributed by atoms with E-state index >= 15 is 0 Å². The number of carbonyl (C=O) groups is 1. The zero-order chi connectivity index (χ0) is 22.9. The van der Waals surface area contributed by atoms with Crippen molar-refractivity contribution >= 4 is 5.91 Å².